The van der Waals surface area contributed by atoms with Gasteiger partial charge in [-0.3, -0.25) is 4.57 Å². The third kappa shape index (κ3) is 5.08. The molecule has 0 aliphatic carbocycles. The van der Waals surface area contributed by atoms with E-state index in [4.69, 9.17) is 24.3 Å². The monoisotopic (exact) mass is 379 g/mol. The number of nitrogens with two attached hydrogens (primary N) is 1. The molecule has 0 amide bonds. The Morgan fingerprint density at radius 1 is 1.00 bits per heavy atom. The second-order valence-corrected chi connectivity index (χ2v) is 7.66. The fourth-order valence-electron chi connectivity index (χ4n) is 2.46. The van der Waals surface area contributed by atoms with Gasteiger partial charge in [-0.05, 0) is 37.1 Å². The van der Waals surface area contributed by atoms with E-state index in [-0.39, 0.29) is 13.2 Å². The third-order valence-corrected chi connectivity index (χ3v) is 5.94. The van der Waals surface area contributed by atoms with Gasteiger partial charge in [0.05, 0.1) is 20.3 Å². The summed E-state index contributed by atoms with van der Waals surface area (Å²) in [4.78, 5) is 0. The molecule has 0 bridgehead atoms. The zero-order valence-corrected chi connectivity index (χ0v) is 16.3. The Bertz CT molecular complexity index is 728. The summed E-state index contributed by atoms with van der Waals surface area (Å²) in [5, 5.41) is 0. The van der Waals surface area contributed by atoms with Gasteiger partial charge in [0.15, 0.2) is 11.5 Å². The SMILES string of the molecule is CCOP(=O)(OCC)[C@H](N)c1ccc(OCc2ccccc2)c(OC)c1. The number of hydrogen-bond acceptors (Lipinski definition) is 6. The van der Waals surface area contributed by atoms with Crippen molar-refractivity contribution in [1.82, 2.24) is 0 Å². The first-order valence-electron chi connectivity index (χ1n) is 8.53. The maximum absolute atomic E-state index is 12.9. The van der Waals surface area contributed by atoms with Crippen molar-refractivity contribution in [1.29, 1.82) is 0 Å². The Hall–Kier alpha value is -1.85. The summed E-state index contributed by atoms with van der Waals surface area (Å²) in [7, 11) is -1.91. The average Bonchev–Trinajstić information content (AvgIpc) is 2.67. The summed E-state index contributed by atoms with van der Waals surface area (Å²) in [5.74, 6) is 0.183. The van der Waals surface area contributed by atoms with E-state index < -0.39 is 13.4 Å². The fraction of sp³-hybridized carbons (Fsp3) is 0.368. The second kappa shape index (κ2) is 9.74. The van der Waals surface area contributed by atoms with Gasteiger partial charge >= 0.3 is 7.60 Å². The van der Waals surface area contributed by atoms with Crippen molar-refractivity contribution >= 4 is 7.60 Å². The van der Waals surface area contributed by atoms with E-state index in [2.05, 4.69) is 0 Å². The van der Waals surface area contributed by atoms with E-state index in [1.807, 2.05) is 30.3 Å². The fourth-order valence-corrected chi connectivity index (χ4v) is 4.10. The highest BCUT2D eigenvalue weighted by Gasteiger charge is 2.34. The van der Waals surface area contributed by atoms with Crippen molar-refractivity contribution in [3.8, 4) is 11.5 Å². The van der Waals surface area contributed by atoms with Crippen LogP contribution in [0.25, 0.3) is 0 Å². The maximum atomic E-state index is 12.9. The zero-order chi connectivity index (χ0) is 19.0. The Balaban J connectivity index is 2.20. The Morgan fingerprint density at radius 3 is 2.23 bits per heavy atom. The summed E-state index contributed by atoms with van der Waals surface area (Å²) in [5.41, 5.74) is 7.82. The van der Waals surface area contributed by atoms with Crippen LogP contribution in [0.1, 0.15) is 30.8 Å². The van der Waals surface area contributed by atoms with E-state index in [0.29, 0.717) is 23.7 Å². The molecule has 7 heteroatoms. The largest absolute Gasteiger partial charge is 0.493 e. The predicted molar refractivity (Wildman–Crippen MR) is 102 cm³/mol. The first-order chi connectivity index (χ1) is 12.5. The van der Waals surface area contributed by atoms with Gasteiger partial charge in [-0.15, -0.1) is 0 Å². The summed E-state index contributed by atoms with van der Waals surface area (Å²) >= 11 is 0. The molecule has 2 aromatic carbocycles. The van der Waals surface area contributed by atoms with Crippen molar-refractivity contribution in [2.75, 3.05) is 20.3 Å². The van der Waals surface area contributed by atoms with Gasteiger partial charge < -0.3 is 24.3 Å². The minimum absolute atomic E-state index is 0.250. The summed E-state index contributed by atoms with van der Waals surface area (Å²) in [6.07, 6.45) is 0. The number of ether oxygens (including phenoxy) is 2. The number of rotatable bonds is 10. The third-order valence-electron chi connectivity index (χ3n) is 3.73. The molecule has 0 heterocycles. The zero-order valence-electron chi connectivity index (χ0n) is 15.4. The van der Waals surface area contributed by atoms with Gasteiger partial charge in [-0.25, -0.2) is 0 Å². The molecular formula is C19H26NO5P. The average molecular weight is 379 g/mol. The van der Waals surface area contributed by atoms with Crippen LogP contribution in [-0.4, -0.2) is 20.3 Å². The molecule has 0 radical (unpaired) electrons. The lowest BCUT2D eigenvalue weighted by molar-refractivity contribution is 0.212. The molecule has 6 nitrogen and oxygen atoms in total. The molecule has 26 heavy (non-hydrogen) atoms. The summed E-state index contributed by atoms with van der Waals surface area (Å²) in [6.45, 7) is 4.42. The smallest absolute Gasteiger partial charge is 0.351 e. The molecule has 2 N–H and O–H groups in total. The van der Waals surface area contributed by atoms with Crippen LogP contribution in [0.2, 0.25) is 0 Å². The standard InChI is InChI=1S/C19H26NO5P/c1-4-24-26(21,25-5-2)19(20)16-11-12-17(18(13-16)22-3)23-14-15-9-7-6-8-10-15/h6-13,19H,4-5,14,20H2,1-3H3/t19-/m0/s1. The van der Waals surface area contributed by atoms with Crippen molar-refractivity contribution in [3.05, 3.63) is 59.7 Å². The molecule has 2 aromatic rings. The highest BCUT2D eigenvalue weighted by molar-refractivity contribution is 7.54. The van der Waals surface area contributed by atoms with E-state index in [0.717, 1.165) is 5.56 Å². The molecule has 0 fully saturated rings. The van der Waals surface area contributed by atoms with Crippen LogP contribution in [0.5, 0.6) is 11.5 Å². The van der Waals surface area contributed by atoms with Crippen LogP contribution < -0.4 is 15.2 Å². The number of benzene rings is 2. The Morgan fingerprint density at radius 2 is 1.65 bits per heavy atom. The van der Waals surface area contributed by atoms with Gasteiger partial charge in [0.1, 0.15) is 12.4 Å². The second-order valence-electron chi connectivity index (χ2n) is 5.50. The number of hydrogen-bond donors (Lipinski definition) is 1. The highest BCUT2D eigenvalue weighted by atomic mass is 31.2. The molecule has 0 saturated heterocycles. The molecule has 0 saturated carbocycles. The molecule has 0 aliphatic heterocycles. The van der Waals surface area contributed by atoms with Crippen molar-refractivity contribution < 1.29 is 23.1 Å². The topological polar surface area (TPSA) is 80.0 Å². The van der Waals surface area contributed by atoms with Gasteiger partial charge in [-0.1, -0.05) is 36.4 Å². The summed E-state index contributed by atoms with van der Waals surface area (Å²) in [6, 6.07) is 15.0. The maximum Gasteiger partial charge on any atom is 0.351 e. The number of methoxy groups -OCH3 is 1. The van der Waals surface area contributed by atoms with Crippen molar-refractivity contribution in [2.24, 2.45) is 5.73 Å². The van der Waals surface area contributed by atoms with E-state index in [1.54, 1.807) is 39.2 Å². The van der Waals surface area contributed by atoms with E-state index in [9.17, 15) is 4.57 Å². The molecule has 0 unspecified atom stereocenters. The van der Waals surface area contributed by atoms with Crippen LogP contribution in [-0.2, 0) is 20.2 Å². The molecule has 2 rings (SSSR count). The highest BCUT2D eigenvalue weighted by Crippen LogP contribution is 2.58. The molecule has 0 aromatic heterocycles. The van der Waals surface area contributed by atoms with Crippen LogP contribution in [0.3, 0.4) is 0 Å². The first-order valence-corrected chi connectivity index (χ1v) is 10.1. The molecule has 0 aliphatic rings. The van der Waals surface area contributed by atoms with E-state index >= 15 is 0 Å². The van der Waals surface area contributed by atoms with Crippen LogP contribution >= 0.6 is 7.60 Å². The van der Waals surface area contributed by atoms with Crippen molar-refractivity contribution in [3.63, 3.8) is 0 Å². The Kier molecular flexibility index (Phi) is 7.66. The minimum Gasteiger partial charge on any atom is -0.493 e. The molecule has 1 atom stereocenters. The van der Waals surface area contributed by atoms with Gasteiger partial charge in [0, 0.05) is 0 Å². The van der Waals surface area contributed by atoms with Crippen molar-refractivity contribution in [2.45, 2.75) is 26.2 Å². The van der Waals surface area contributed by atoms with Gasteiger partial charge in [-0.2, -0.15) is 0 Å². The molecule has 142 valence electrons. The first kappa shape index (κ1) is 20.5. The van der Waals surface area contributed by atoms with Crippen LogP contribution in [0.4, 0.5) is 0 Å². The lowest BCUT2D eigenvalue weighted by atomic mass is 10.2. The minimum atomic E-state index is -3.46. The quantitative estimate of drug-likeness (QED) is 0.613. The van der Waals surface area contributed by atoms with E-state index in [1.165, 1.54) is 0 Å². The van der Waals surface area contributed by atoms with Crippen LogP contribution in [0, 0.1) is 0 Å². The van der Waals surface area contributed by atoms with Gasteiger partial charge in [0.2, 0.25) is 0 Å². The van der Waals surface area contributed by atoms with Gasteiger partial charge in [0.25, 0.3) is 0 Å². The lowest BCUT2D eigenvalue weighted by Crippen LogP contribution is -2.15. The predicted octanol–water partition coefficient (Wildman–Crippen LogP) is 4.50. The molecular weight excluding hydrogens is 353 g/mol. The summed E-state index contributed by atoms with van der Waals surface area (Å²) < 4.78 is 34.8. The molecule has 0 spiro atoms. The normalized spacial score (nSPS) is 12.6. The Labute approximate surface area is 154 Å². The lowest BCUT2D eigenvalue weighted by Gasteiger charge is -2.24. The van der Waals surface area contributed by atoms with Crippen LogP contribution in [0.15, 0.2) is 48.5 Å².